The Morgan fingerprint density at radius 2 is 2.06 bits per heavy atom. The van der Waals surface area contributed by atoms with Gasteiger partial charge in [-0.25, -0.2) is 4.98 Å². The van der Waals surface area contributed by atoms with Gasteiger partial charge >= 0.3 is 0 Å². The van der Waals surface area contributed by atoms with Crippen molar-refractivity contribution in [1.29, 1.82) is 0 Å². The van der Waals surface area contributed by atoms with Gasteiger partial charge in [0.15, 0.2) is 5.82 Å². The van der Waals surface area contributed by atoms with Gasteiger partial charge in [-0.15, -0.1) is 0 Å². The van der Waals surface area contributed by atoms with Crippen molar-refractivity contribution in [3.05, 3.63) is 47.1 Å². The first-order valence-corrected chi connectivity index (χ1v) is 5.84. The number of ether oxygens (including phenoxy) is 1. The third kappa shape index (κ3) is 2.91. The van der Waals surface area contributed by atoms with Gasteiger partial charge in [0.25, 0.3) is 0 Å². The van der Waals surface area contributed by atoms with Crippen LogP contribution >= 0.6 is 11.6 Å². The molecule has 0 atom stereocenters. The van der Waals surface area contributed by atoms with E-state index in [1.165, 1.54) is 0 Å². The predicted octanol–water partition coefficient (Wildman–Crippen LogP) is 3.21. The minimum atomic E-state index is 0.399. The predicted molar refractivity (Wildman–Crippen MR) is 74.1 cm³/mol. The summed E-state index contributed by atoms with van der Waals surface area (Å²) >= 11 is 5.85. The van der Waals surface area contributed by atoms with Crippen molar-refractivity contribution in [2.45, 2.75) is 6.61 Å². The summed E-state index contributed by atoms with van der Waals surface area (Å²) in [6.45, 7) is 0.518. The Labute approximate surface area is 111 Å². The zero-order valence-electron chi connectivity index (χ0n) is 9.98. The van der Waals surface area contributed by atoms with Gasteiger partial charge in [-0.2, -0.15) is 0 Å². The summed E-state index contributed by atoms with van der Waals surface area (Å²) in [5.74, 6) is 0.547. The quantitative estimate of drug-likeness (QED) is 0.832. The van der Waals surface area contributed by atoms with Crippen LogP contribution in [0.5, 0.6) is 0 Å². The van der Waals surface area contributed by atoms with E-state index < -0.39 is 0 Å². The van der Waals surface area contributed by atoms with Crippen LogP contribution < -0.4 is 11.1 Å². The molecule has 2 rings (SSSR count). The van der Waals surface area contributed by atoms with E-state index in [-0.39, 0.29) is 0 Å². The molecule has 1 aromatic carbocycles. The van der Waals surface area contributed by atoms with Crippen molar-refractivity contribution >= 4 is 28.8 Å². The minimum Gasteiger partial charge on any atom is -0.396 e. The number of methoxy groups -OCH3 is 1. The number of nitrogens with two attached hydrogens (primary N) is 1. The van der Waals surface area contributed by atoms with Gasteiger partial charge in [0.1, 0.15) is 5.15 Å². The molecule has 0 saturated heterocycles. The lowest BCUT2D eigenvalue weighted by Gasteiger charge is -2.12. The molecule has 0 amide bonds. The molecule has 0 spiro atoms. The van der Waals surface area contributed by atoms with E-state index in [2.05, 4.69) is 10.3 Å². The molecule has 0 unspecified atom stereocenters. The van der Waals surface area contributed by atoms with Crippen LogP contribution in [0, 0.1) is 0 Å². The molecule has 1 heterocycles. The Balaban J connectivity index is 2.30. The van der Waals surface area contributed by atoms with Crippen LogP contribution in [-0.2, 0) is 11.3 Å². The monoisotopic (exact) mass is 263 g/mol. The molecular formula is C13H14ClN3O. The minimum absolute atomic E-state index is 0.399. The lowest BCUT2D eigenvalue weighted by molar-refractivity contribution is 0.185. The van der Waals surface area contributed by atoms with Crippen molar-refractivity contribution in [3.8, 4) is 0 Å². The van der Waals surface area contributed by atoms with Crippen LogP contribution in [0.25, 0.3) is 0 Å². The number of aromatic nitrogens is 1. The van der Waals surface area contributed by atoms with Crippen LogP contribution in [-0.4, -0.2) is 12.1 Å². The fourth-order valence-electron chi connectivity index (χ4n) is 1.60. The average molecular weight is 264 g/mol. The second-order valence-corrected chi connectivity index (χ2v) is 4.17. The molecule has 2 aromatic rings. The summed E-state index contributed by atoms with van der Waals surface area (Å²) in [5, 5.41) is 3.56. The van der Waals surface area contributed by atoms with Gasteiger partial charge in [0, 0.05) is 18.4 Å². The molecule has 18 heavy (non-hydrogen) atoms. The van der Waals surface area contributed by atoms with Gasteiger partial charge in [0.2, 0.25) is 0 Å². The maximum atomic E-state index is 5.85. The smallest absolute Gasteiger partial charge is 0.155 e. The average Bonchev–Trinajstić information content (AvgIpc) is 2.36. The number of halogens is 1. The van der Waals surface area contributed by atoms with Crippen LogP contribution in [0.2, 0.25) is 5.15 Å². The van der Waals surface area contributed by atoms with Crippen molar-refractivity contribution < 1.29 is 4.74 Å². The van der Waals surface area contributed by atoms with Crippen molar-refractivity contribution in [2.24, 2.45) is 0 Å². The lowest BCUT2D eigenvalue weighted by Crippen LogP contribution is -2.02. The van der Waals surface area contributed by atoms with Crippen LogP contribution in [0.1, 0.15) is 5.56 Å². The fourth-order valence-corrected chi connectivity index (χ4v) is 1.74. The zero-order valence-corrected chi connectivity index (χ0v) is 10.7. The maximum absolute atomic E-state index is 5.85. The molecule has 4 nitrogen and oxygen atoms in total. The third-order valence-electron chi connectivity index (χ3n) is 2.46. The lowest BCUT2D eigenvalue weighted by atomic mass is 10.2. The van der Waals surface area contributed by atoms with Gasteiger partial charge in [-0.3, -0.25) is 0 Å². The first-order chi connectivity index (χ1) is 8.70. The highest BCUT2D eigenvalue weighted by molar-refractivity contribution is 6.29. The highest BCUT2D eigenvalue weighted by Crippen LogP contribution is 2.25. The van der Waals surface area contributed by atoms with Gasteiger partial charge in [0.05, 0.1) is 12.3 Å². The number of anilines is 3. The summed E-state index contributed by atoms with van der Waals surface area (Å²) in [5.41, 5.74) is 8.33. The van der Waals surface area contributed by atoms with E-state index in [4.69, 9.17) is 22.1 Å². The van der Waals surface area contributed by atoms with Crippen LogP contribution in [0.3, 0.4) is 0 Å². The van der Waals surface area contributed by atoms with Gasteiger partial charge < -0.3 is 15.8 Å². The van der Waals surface area contributed by atoms with Crippen molar-refractivity contribution in [2.75, 3.05) is 18.2 Å². The molecule has 0 bridgehead atoms. The molecule has 0 aliphatic rings. The Kier molecular flexibility index (Phi) is 4.02. The standard InChI is InChI=1S/C13H14ClN3O/c1-18-8-9-4-2-3-5-11(9)16-13-10(15)6-7-12(14)17-13/h2-7H,8,15H2,1H3,(H,16,17). The second kappa shape index (κ2) is 5.71. The normalized spacial score (nSPS) is 10.3. The van der Waals surface area contributed by atoms with E-state index in [9.17, 15) is 0 Å². The fraction of sp³-hybridized carbons (Fsp3) is 0.154. The Bertz CT molecular complexity index is 546. The summed E-state index contributed by atoms with van der Waals surface area (Å²) in [6, 6.07) is 11.2. The number of rotatable bonds is 4. The van der Waals surface area contributed by atoms with E-state index in [0.29, 0.717) is 23.3 Å². The largest absolute Gasteiger partial charge is 0.396 e. The first-order valence-electron chi connectivity index (χ1n) is 5.46. The topological polar surface area (TPSA) is 60.2 Å². The van der Waals surface area contributed by atoms with E-state index >= 15 is 0 Å². The molecule has 0 saturated carbocycles. The number of nitrogens with one attached hydrogen (secondary N) is 1. The Morgan fingerprint density at radius 3 is 2.83 bits per heavy atom. The number of benzene rings is 1. The van der Waals surface area contributed by atoms with E-state index in [1.807, 2.05) is 24.3 Å². The molecule has 5 heteroatoms. The highest BCUT2D eigenvalue weighted by Gasteiger charge is 2.06. The van der Waals surface area contributed by atoms with E-state index in [1.54, 1.807) is 19.2 Å². The molecule has 3 N–H and O–H groups in total. The molecular weight excluding hydrogens is 250 g/mol. The van der Waals surface area contributed by atoms with Crippen molar-refractivity contribution in [3.63, 3.8) is 0 Å². The zero-order chi connectivity index (χ0) is 13.0. The second-order valence-electron chi connectivity index (χ2n) is 3.79. The van der Waals surface area contributed by atoms with Crippen LogP contribution in [0.4, 0.5) is 17.2 Å². The summed E-state index contributed by atoms with van der Waals surface area (Å²) in [7, 11) is 1.66. The molecule has 94 valence electrons. The third-order valence-corrected chi connectivity index (χ3v) is 2.67. The molecule has 0 aliphatic heterocycles. The molecule has 0 fully saturated rings. The summed E-state index contributed by atoms with van der Waals surface area (Å²) < 4.78 is 5.14. The Morgan fingerprint density at radius 1 is 1.28 bits per heavy atom. The number of hydrogen-bond donors (Lipinski definition) is 2. The number of hydrogen-bond acceptors (Lipinski definition) is 4. The summed E-state index contributed by atoms with van der Waals surface area (Å²) in [4.78, 5) is 4.16. The number of para-hydroxylation sites is 1. The van der Waals surface area contributed by atoms with Crippen LogP contribution in [0.15, 0.2) is 36.4 Å². The first kappa shape index (κ1) is 12.7. The number of nitrogens with zero attached hydrogens (tertiary/aromatic N) is 1. The molecule has 0 aliphatic carbocycles. The summed E-state index contributed by atoms with van der Waals surface area (Å²) in [6.07, 6.45) is 0. The van der Waals surface area contributed by atoms with Gasteiger partial charge in [-0.05, 0) is 18.2 Å². The molecule has 0 radical (unpaired) electrons. The Hall–Kier alpha value is -1.78. The van der Waals surface area contributed by atoms with E-state index in [0.717, 1.165) is 11.3 Å². The SMILES string of the molecule is COCc1ccccc1Nc1nc(Cl)ccc1N. The highest BCUT2D eigenvalue weighted by atomic mass is 35.5. The number of pyridine rings is 1. The van der Waals surface area contributed by atoms with Gasteiger partial charge in [-0.1, -0.05) is 29.8 Å². The van der Waals surface area contributed by atoms with Crippen molar-refractivity contribution in [1.82, 2.24) is 4.98 Å². The molecule has 1 aromatic heterocycles. The maximum Gasteiger partial charge on any atom is 0.155 e. The number of nitrogen functional groups attached to an aromatic ring is 1.